The molecule has 0 amide bonds. The van der Waals surface area contributed by atoms with Crippen molar-refractivity contribution in [3.8, 4) is 0 Å². The molecular weight excluding hydrogens is 474 g/mol. The van der Waals surface area contributed by atoms with Crippen molar-refractivity contribution in [3.63, 3.8) is 0 Å². The number of para-hydroxylation sites is 2. The Labute approximate surface area is 236 Å². The normalized spacial score (nSPS) is 23.7. The van der Waals surface area contributed by atoms with Crippen LogP contribution in [0.4, 0.5) is 11.4 Å². The fourth-order valence-corrected chi connectivity index (χ4v) is 7.13. The highest BCUT2D eigenvalue weighted by molar-refractivity contribution is 6.10. The molecule has 0 atom stereocenters. The molecule has 0 N–H and O–H groups in total. The number of benzene rings is 2. The molecule has 204 valence electrons. The maximum atomic E-state index is 2.49. The molecule has 2 aromatic carbocycles. The topological polar surface area (TPSA) is 9.49 Å². The molecule has 0 unspecified atom stereocenters. The Hall–Kier alpha value is -3.33. The first-order valence-electron chi connectivity index (χ1n) is 14.7. The van der Waals surface area contributed by atoms with Gasteiger partial charge in [-0.3, -0.25) is 0 Å². The first-order valence-corrected chi connectivity index (χ1v) is 14.7. The van der Waals surface area contributed by atoms with E-state index < -0.39 is 0 Å². The third-order valence-electron chi connectivity index (χ3n) is 9.06. The van der Waals surface area contributed by atoms with Crippen molar-refractivity contribution < 1.29 is 4.58 Å². The van der Waals surface area contributed by atoms with Gasteiger partial charge in [-0.15, -0.1) is 0 Å². The molecule has 2 aliphatic heterocycles. The maximum Gasteiger partial charge on any atom is 0.205 e. The SMILES string of the molecule is CCN1/C(=C\C=C2\CCC/C(=C\C=C3\N(CC)c4ccccc4C3(C)C)C2=[N+](C)C)C(C)(C)c2ccccc21. The van der Waals surface area contributed by atoms with Crippen LogP contribution in [0.25, 0.3) is 0 Å². The molecule has 0 bridgehead atoms. The molecule has 1 aliphatic carbocycles. The Morgan fingerprint density at radius 1 is 0.667 bits per heavy atom. The van der Waals surface area contributed by atoms with Crippen molar-refractivity contribution in [2.24, 2.45) is 0 Å². The van der Waals surface area contributed by atoms with Crippen molar-refractivity contribution in [1.29, 1.82) is 0 Å². The van der Waals surface area contributed by atoms with Crippen molar-refractivity contribution >= 4 is 17.1 Å². The van der Waals surface area contributed by atoms with Gasteiger partial charge in [-0.25, -0.2) is 4.58 Å². The van der Waals surface area contributed by atoms with Gasteiger partial charge in [0.1, 0.15) is 14.1 Å². The van der Waals surface area contributed by atoms with E-state index in [1.807, 2.05) is 0 Å². The largest absolute Gasteiger partial charge is 0.344 e. The lowest BCUT2D eigenvalue weighted by molar-refractivity contribution is -0.463. The Morgan fingerprint density at radius 3 is 1.46 bits per heavy atom. The van der Waals surface area contributed by atoms with Gasteiger partial charge in [0.05, 0.1) is 0 Å². The lowest BCUT2D eigenvalue weighted by atomic mass is 9.82. The van der Waals surface area contributed by atoms with E-state index in [9.17, 15) is 0 Å². The van der Waals surface area contributed by atoms with Gasteiger partial charge in [0.25, 0.3) is 0 Å². The lowest BCUT2D eigenvalue weighted by Gasteiger charge is -2.26. The highest BCUT2D eigenvalue weighted by atomic mass is 15.2. The van der Waals surface area contributed by atoms with Crippen LogP contribution in [0.2, 0.25) is 0 Å². The van der Waals surface area contributed by atoms with Crippen molar-refractivity contribution in [2.45, 2.75) is 71.6 Å². The number of fused-ring (bicyclic) bond motifs is 2. The Balaban J connectivity index is 1.53. The fourth-order valence-electron chi connectivity index (χ4n) is 7.13. The van der Waals surface area contributed by atoms with Crippen LogP contribution in [0.1, 0.15) is 71.9 Å². The van der Waals surface area contributed by atoms with E-state index in [0.717, 1.165) is 25.9 Å². The average Bonchev–Trinajstić information content (AvgIpc) is 3.28. The number of anilines is 2. The number of rotatable bonds is 4. The summed E-state index contributed by atoms with van der Waals surface area (Å²) in [5, 5.41) is 0. The number of nitrogens with zero attached hydrogens (tertiary/aromatic N) is 3. The monoisotopic (exact) mass is 520 g/mol. The minimum absolute atomic E-state index is 0.00757. The minimum atomic E-state index is -0.00757. The van der Waals surface area contributed by atoms with E-state index in [-0.39, 0.29) is 10.8 Å². The van der Waals surface area contributed by atoms with E-state index in [1.54, 1.807) is 0 Å². The van der Waals surface area contributed by atoms with Gasteiger partial charge < -0.3 is 9.80 Å². The van der Waals surface area contributed by atoms with Gasteiger partial charge in [-0.1, -0.05) is 76.2 Å². The smallest absolute Gasteiger partial charge is 0.205 e. The Bertz CT molecular complexity index is 1320. The summed E-state index contributed by atoms with van der Waals surface area (Å²) < 4.78 is 2.33. The summed E-state index contributed by atoms with van der Waals surface area (Å²) in [6.45, 7) is 15.9. The van der Waals surface area contributed by atoms with Crippen LogP contribution in [-0.2, 0) is 10.8 Å². The Kier molecular flexibility index (Phi) is 7.22. The van der Waals surface area contributed by atoms with E-state index >= 15 is 0 Å². The van der Waals surface area contributed by atoms with Crippen molar-refractivity contribution in [3.05, 3.63) is 107 Å². The summed E-state index contributed by atoms with van der Waals surface area (Å²) in [7, 11) is 4.40. The lowest BCUT2D eigenvalue weighted by Crippen LogP contribution is -2.26. The van der Waals surface area contributed by atoms with Crippen LogP contribution < -0.4 is 9.80 Å². The van der Waals surface area contributed by atoms with Gasteiger partial charge >= 0.3 is 0 Å². The molecule has 1 saturated carbocycles. The van der Waals surface area contributed by atoms with Crippen LogP contribution in [0.15, 0.2) is 95.4 Å². The predicted octanol–water partition coefficient (Wildman–Crippen LogP) is 8.14. The van der Waals surface area contributed by atoms with Gasteiger partial charge in [0.2, 0.25) is 5.71 Å². The van der Waals surface area contributed by atoms with Crippen molar-refractivity contribution in [1.82, 2.24) is 0 Å². The standard InChI is InChI=1S/C36H46N3/c1-9-38-30-20-13-11-18-28(30)35(3,4)32(38)24-22-26-16-15-17-27(34(26)37(7)8)23-25-33-36(5,6)29-19-12-14-21-31(29)39(33)10-2/h11-14,18-25H,9-10,15-17H2,1-8H3/q+1. The summed E-state index contributed by atoms with van der Waals surface area (Å²) >= 11 is 0. The van der Waals surface area contributed by atoms with E-state index in [4.69, 9.17) is 0 Å². The summed E-state index contributed by atoms with van der Waals surface area (Å²) in [5.41, 5.74) is 12.6. The number of allylic oxidation sites excluding steroid dienone is 8. The second-order valence-electron chi connectivity index (χ2n) is 12.4. The number of hydrogen-bond acceptors (Lipinski definition) is 2. The number of hydrogen-bond donors (Lipinski definition) is 0. The van der Waals surface area contributed by atoms with Crippen molar-refractivity contribution in [2.75, 3.05) is 37.0 Å². The van der Waals surface area contributed by atoms with E-state index in [1.165, 1.54) is 57.2 Å². The second-order valence-corrected chi connectivity index (χ2v) is 12.4. The fraction of sp³-hybridized carbons (Fsp3) is 0.417. The Morgan fingerprint density at radius 2 is 1.08 bits per heavy atom. The van der Waals surface area contributed by atoms with Gasteiger partial charge in [0.15, 0.2) is 0 Å². The molecule has 39 heavy (non-hydrogen) atoms. The van der Waals surface area contributed by atoms with Crippen LogP contribution >= 0.6 is 0 Å². The molecule has 1 fully saturated rings. The molecule has 3 heteroatoms. The molecule has 3 aliphatic rings. The van der Waals surface area contributed by atoms with Gasteiger partial charge in [-0.2, -0.15) is 0 Å². The molecular formula is C36H46N3+. The molecule has 0 spiro atoms. The first-order chi connectivity index (χ1) is 18.6. The summed E-state index contributed by atoms with van der Waals surface area (Å²) in [4.78, 5) is 4.98. The van der Waals surface area contributed by atoms with E-state index in [2.05, 4.69) is 143 Å². The maximum absolute atomic E-state index is 2.49. The number of likely N-dealkylation sites (N-methyl/N-ethyl adjacent to an activating group) is 2. The van der Waals surface area contributed by atoms with Crippen LogP contribution in [0.5, 0.6) is 0 Å². The molecule has 2 aromatic rings. The average molecular weight is 521 g/mol. The third-order valence-corrected chi connectivity index (χ3v) is 9.06. The molecule has 3 nitrogen and oxygen atoms in total. The molecule has 0 aromatic heterocycles. The second kappa shape index (κ2) is 10.3. The molecule has 0 radical (unpaired) electrons. The highest BCUT2D eigenvalue weighted by Gasteiger charge is 2.40. The van der Waals surface area contributed by atoms with Crippen LogP contribution in [0.3, 0.4) is 0 Å². The quantitative estimate of drug-likeness (QED) is 0.376. The third kappa shape index (κ3) is 4.50. The summed E-state index contributed by atoms with van der Waals surface area (Å²) in [6, 6.07) is 17.8. The van der Waals surface area contributed by atoms with Crippen LogP contribution in [0, 0.1) is 0 Å². The summed E-state index contributed by atoms with van der Waals surface area (Å²) in [6.07, 6.45) is 13.0. The van der Waals surface area contributed by atoms with E-state index in [0.29, 0.717) is 0 Å². The zero-order valence-electron chi connectivity index (χ0n) is 25.3. The van der Waals surface area contributed by atoms with Crippen LogP contribution in [-0.4, -0.2) is 37.5 Å². The molecule has 0 saturated heterocycles. The molecule has 5 rings (SSSR count). The zero-order valence-corrected chi connectivity index (χ0v) is 25.3. The highest BCUT2D eigenvalue weighted by Crippen LogP contribution is 2.48. The summed E-state index contributed by atoms with van der Waals surface area (Å²) in [5.74, 6) is 0. The first kappa shape index (κ1) is 27.2. The zero-order chi connectivity index (χ0) is 27.9. The minimum Gasteiger partial charge on any atom is -0.344 e. The predicted molar refractivity (Wildman–Crippen MR) is 168 cm³/mol. The van der Waals surface area contributed by atoms with Gasteiger partial charge in [0, 0.05) is 57.8 Å². The molecule has 2 heterocycles. The van der Waals surface area contributed by atoms with Gasteiger partial charge in [-0.05, 0) is 68.5 Å².